The van der Waals surface area contributed by atoms with Crippen molar-refractivity contribution in [2.24, 2.45) is 17.8 Å². The molecule has 108 valence electrons. The third-order valence-corrected chi connectivity index (χ3v) is 4.18. The molecule has 1 nitrogen and oxygen atoms in total. The SMILES string of the molecule is CC(C)CC(CCC1CCCC1)CNC(C)(C)C. The Morgan fingerprint density at radius 3 is 2.22 bits per heavy atom. The molecule has 1 heteroatoms. The summed E-state index contributed by atoms with van der Waals surface area (Å²) in [7, 11) is 0. The fourth-order valence-corrected chi connectivity index (χ4v) is 3.19. The molecule has 0 saturated heterocycles. The van der Waals surface area contributed by atoms with Gasteiger partial charge in [0.2, 0.25) is 0 Å². The Labute approximate surface area is 115 Å². The van der Waals surface area contributed by atoms with E-state index < -0.39 is 0 Å². The first-order valence-corrected chi connectivity index (χ1v) is 8.12. The van der Waals surface area contributed by atoms with Crippen LogP contribution in [-0.2, 0) is 0 Å². The second kappa shape index (κ2) is 7.53. The first-order valence-electron chi connectivity index (χ1n) is 8.12. The van der Waals surface area contributed by atoms with Gasteiger partial charge in [-0.3, -0.25) is 0 Å². The Morgan fingerprint density at radius 1 is 1.11 bits per heavy atom. The molecule has 0 aromatic heterocycles. The van der Waals surface area contributed by atoms with Crippen molar-refractivity contribution in [1.29, 1.82) is 0 Å². The van der Waals surface area contributed by atoms with Crippen LogP contribution in [0.25, 0.3) is 0 Å². The monoisotopic (exact) mass is 253 g/mol. The van der Waals surface area contributed by atoms with Crippen LogP contribution in [0.2, 0.25) is 0 Å². The zero-order chi connectivity index (χ0) is 13.6. The van der Waals surface area contributed by atoms with Gasteiger partial charge in [-0.05, 0) is 57.9 Å². The zero-order valence-corrected chi connectivity index (χ0v) is 13.4. The summed E-state index contributed by atoms with van der Waals surface area (Å²) in [4.78, 5) is 0. The molecule has 0 radical (unpaired) electrons. The van der Waals surface area contributed by atoms with Crippen LogP contribution in [0.1, 0.15) is 79.6 Å². The number of nitrogens with one attached hydrogen (secondary N) is 1. The fourth-order valence-electron chi connectivity index (χ4n) is 3.19. The number of rotatable bonds is 7. The second-order valence-electron chi connectivity index (χ2n) is 7.85. The molecule has 0 aromatic rings. The Balaban J connectivity index is 2.29. The maximum atomic E-state index is 3.70. The summed E-state index contributed by atoms with van der Waals surface area (Å²) in [6, 6.07) is 0. The Morgan fingerprint density at radius 2 is 1.72 bits per heavy atom. The van der Waals surface area contributed by atoms with Gasteiger partial charge in [-0.15, -0.1) is 0 Å². The summed E-state index contributed by atoms with van der Waals surface area (Å²) >= 11 is 0. The van der Waals surface area contributed by atoms with Crippen LogP contribution in [0, 0.1) is 17.8 Å². The van der Waals surface area contributed by atoms with Gasteiger partial charge in [-0.1, -0.05) is 46.0 Å². The van der Waals surface area contributed by atoms with E-state index in [2.05, 4.69) is 39.9 Å². The van der Waals surface area contributed by atoms with Gasteiger partial charge in [0.25, 0.3) is 0 Å². The number of hydrogen-bond donors (Lipinski definition) is 1. The molecule has 0 amide bonds. The lowest BCUT2D eigenvalue weighted by Gasteiger charge is -2.27. The normalized spacial score (nSPS) is 19.7. The van der Waals surface area contributed by atoms with Crippen LogP contribution in [0.4, 0.5) is 0 Å². The number of hydrogen-bond acceptors (Lipinski definition) is 1. The van der Waals surface area contributed by atoms with Gasteiger partial charge in [-0.2, -0.15) is 0 Å². The van der Waals surface area contributed by atoms with Crippen LogP contribution in [0.5, 0.6) is 0 Å². The van der Waals surface area contributed by atoms with E-state index in [0.29, 0.717) is 0 Å². The Kier molecular flexibility index (Phi) is 6.70. The highest BCUT2D eigenvalue weighted by Crippen LogP contribution is 2.31. The molecule has 1 aliphatic rings. The van der Waals surface area contributed by atoms with Crippen molar-refractivity contribution < 1.29 is 0 Å². The van der Waals surface area contributed by atoms with Crippen LogP contribution in [0.3, 0.4) is 0 Å². The van der Waals surface area contributed by atoms with E-state index in [1.54, 1.807) is 0 Å². The molecule has 1 saturated carbocycles. The first-order chi connectivity index (χ1) is 8.37. The fraction of sp³-hybridized carbons (Fsp3) is 1.00. The van der Waals surface area contributed by atoms with E-state index >= 15 is 0 Å². The summed E-state index contributed by atoms with van der Waals surface area (Å²) < 4.78 is 0. The van der Waals surface area contributed by atoms with Crippen LogP contribution in [0.15, 0.2) is 0 Å². The predicted octanol–water partition coefficient (Wildman–Crippen LogP) is 5.01. The summed E-state index contributed by atoms with van der Waals surface area (Å²) in [6.07, 6.45) is 10.3. The van der Waals surface area contributed by atoms with E-state index in [-0.39, 0.29) is 5.54 Å². The van der Waals surface area contributed by atoms with Gasteiger partial charge in [0.05, 0.1) is 0 Å². The first kappa shape index (κ1) is 16.0. The molecule has 0 spiro atoms. The summed E-state index contributed by atoms with van der Waals surface area (Å²) in [5.74, 6) is 2.76. The maximum Gasteiger partial charge on any atom is 0.00966 e. The molecule has 1 rings (SSSR count). The van der Waals surface area contributed by atoms with Crippen LogP contribution >= 0.6 is 0 Å². The minimum atomic E-state index is 0.266. The molecule has 1 N–H and O–H groups in total. The highest BCUT2D eigenvalue weighted by atomic mass is 14.9. The average Bonchev–Trinajstić information content (AvgIpc) is 2.73. The molecule has 1 atom stereocenters. The smallest absolute Gasteiger partial charge is 0.00966 e. The minimum absolute atomic E-state index is 0.266. The summed E-state index contributed by atoms with van der Waals surface area (Å²) in [5.41, 5.74) is 0.266. The molecule has 1 aliphatic carbocycles. The van der Waals surface area contributed by atoms with Crippen LogP contribution in [-0.4, -0.2) is 12.1 Å². The molecular weight excluding hydrogens is 218 g/mol. The lowest BCUT2D eigenvalue weighted by Crippen LogP contribution is -2.39. The van der Waals surface area contributed by atoms with E-state index in [0.717, 1.165) is 17.8 Å². The van der Waals surface area contributed by atoms with Crippen molar-refractivity contribution in [2.75, 3.05) is 6.54 Å². The highest BCUT2D eigenvalue weighted by Gasteiger charge is 2.19. The maximum absolute atomic E-state index is 3.70. The highest BCUT2D eigenvalue weighted by molar-refractivity contribution is 4.76. The Hall–Kier alpha value is -0.0400. The third-order valence-electron chi connectivity index (χ3n) is 4.18. The van der Waals surface area contributed by atoms with E-state index in [1.807, 2.05) is 0 Å². The van der Waals surface area contributed by atoms with Crippen molar-refractivity contribution in [3.8, 4) is 0 Å². The summed E-state index contributed by atoms with van der Waals surface area (Å²) in [5, 5.41) is 3.70. The van der Waals surface area contributed by atoms with Crippen molar-refractivity contribution >= 4 is 0 Å². The largest absolute Gasteiger partial charge is 0.312 e. The Bertz CT molecular complexity index is 208. The molecule has 0 bridgehead atoms. The second-order valence-corrected chi connectivity index (χ2v) is 7.85. The topological polar surface area (TPSA) is 12.0 Å². The third kappa shape index (κ3) is 7.41. The van der Waals surface area contributed by atoms with E-state index in [4.69, 9.17) is 0 Å². The standard InChI is InChI=1S/C17H35N/c1-14(2)12-16(13-18-17(3,4)5)11-10-15-8-6-7-9-15/h14-16,18H,6-13H2,1-5H3. The summed E-state index contributed by atoms with van der Waals surface area (Å²) in [6.45, 7) is 12.7. The molecule has 1 unspecified atom stereocenters. The van der Waals surface area contributed by atoms with Gasteiger partial charge in [-0.25, -0.2) is 0 Å². The van der Waals surface area contributed by atoms with Gasteiger partial charge >= 0.3 is 0 Å². The van der Waals surface area contributed by atoms with E-state index in [9.17, 15) is 0 Å². The van der Waals surface area contributed by atoms with Crippen LogP contribution < -0.4 is 5.32 Å². The van der Waals surface area contributed by atoms with Crippen molar-refractivity contribution in [2.45, 2.75) is 85.1 Å². The molecule has 0 heterocycles. The van der Waals surface area contributed by atoms with Gasteiger partial charge < -0.3 is 5.32 Å². The van der Waals surface area contributed by atoms with Gasteiger partial charge in [0, 0.05) is 5.54 Å². The van der Waals surface area contributed by atoms with Gasteiger partial charge in [0.1, 0.15) is 0 Å². The molecular formula is C17H35N. The van der Waals surface area contributed by atoms with Crippen molar-refractivity contribution in [1.82, 2.24) is 5.32 Å². The van der Waals surface area contributed by atoms with Crippen molar-refractivity contribution in [3.05, 3.63) is 0 Å². The lowest BCUT2D eigenvalue weighted by molar-refractivity contribution is 0.298. The molecule has 0 aliphatic heterocycles. The van der Waals surface area contributed by atoms with Gasteiger partial charge in [0.15, 0.2) is 0 Å². The van der Waals surface area contributed by atoms with Crippen molar-refractivity contribution in [3.63, 3.8) is 0 Å². The lowest BCUT2D eigenvalue weighted by atomic mass is 9.88. The molecule has 0 aromatic carbocycles. The molecule has 18 heavy (non-hydrogen) atoms. The van der Waals surface area contributed by atoms with E-state index in [1.165, 1.54) is 51.5 Å². The minimum Gasteiger partial charge on any atom is -0.312 e. The average molecular weight is 253 g/mol. The zero-order valence-electron chi connectivity index (χ0n) is 13.4. The molecule has 1 fully saturated rings. The quantitative estimate of drug-likeness (QED) is 0.672. The predicted molar refractivity (Wildman–Crippen MR) is 81.9 cm³/mol.